The van der Waals surface area contributed by atoms with E-state index in [9.17, 15) is 14.9 Å². The molecule has 1 aromatic heterocycles. The number of benzene rings is 2. The largest absolute Gasteiger partial charge is 0.366 e. The van der Waals surface area contributed by atoms with Crippen molar-refractivity contribution in [3.63, 3.8) is 0 Å². The van der Waals surface area contributed by atoms with Crippen LogP contribution in [0.25, 0.3) is 11.4 Å². The fourth-order valence-electron chi connectivity index (χ4n) is 3.31. The number of nitrogens with one attached hydrogen (secondary N) is 1. The summed E-state index contributed by atoms with van der Waals surface area (Å²) in [4.78, 5) is 27.2. The van der Waals surface area contributed by atoms with Gasteiger partial charge in [0.2, 0.25) is 11.9 Å². The summed E-state index contributed by atoms with van der Waals surface area (Å²) in [5.41, 5.74) is 7.66. The monoisotopic (exact) mass is 410 g/mol. The first kappa shape index (κ1) is 18.6. The number of carbonyl (C=O) groups excluding carboxylic acids is 1. The molecule has 2 aromatic carbocycles. The highest BCUT2D eigenvalue weighted by atomic mass is 35.5. The van der Waals surface area contributed by atoms with Crippen molar-refractivity contribution in [2.75, 3.05) is 5.32 Å². The van der Waals surface area contributed by atoms with E-state index in [1.807, 2.05) is 6.07 Å². The summed E-state index contributed by atoms with van der Waals surface area (Å²) in [6, 6.07) is 12.4. The Hall–Kier alpha value is -3.72. The van der Waals surface area contributed by atoms with Crippen molar-refractivity contribution in [2.45, 2.75) is 13.0 Å². The average molecular weight is 411 g/mol. The second-order valence-corrected chi connectivity index (χ2v) is 6.87. The highest BCUT2D eigenvalue weighted by Gasteiger charge is 2.33. The molecule has 1 aliphatic rings. The summed E-state index contributed by atoms with van der Waals surface area (Å²) in [5, 5.41) is 19.1. The molecule has 2 heterocycles. The standard InChI is InChI=1S/C19H15ClN6O3/c1-10-15(17(21)27)16(11-6-8-12(9-7-11)26(28)29)25-19(22-10)23-18(24-25)13-4-2-3-5-14(13)20/h2-9,16H,1H3,(H2,21,27)(H,22,23,24). The fourth-order valence-corrected chi connectivity index (χ4v) is 3.53. The van der Waals surface area contributed by atoms with Crippen LogP contribution in [-0.4, -0.2) is 25.6 Å². The van der Waals surface area contributed by atoms with Gasteiger partial charge in [-0.25, -0.2) is 4.68 Å². The number of nitro benzene ring substituents is 1. The second-order valence-electron chi connectivity index (χ2n) is 6.46. The van der Waals surface area contributed by atoms with Gasteiger partial charge in [-0.3, -0.25) is 14.9 Å². The molecular weight excluding hydrogens is 396 g/mol. The fraction of sp³-hybridized carbons (Fsp3) is 0.105. The smallest absolute Gasteiger partial charge is 0.269 e. The van der Waals surface area contributed by atoms with Crippen LogP contribution in [0.2, 0.25) is 5.02 Å². The zero-order valence-corrected chi connectivity index (χ0v) is 15.9. The predicted molar refractivity (Wildman–Crippen MR) is 107 cm³/mol. The van der Waals surface area contributed by atoms with Crippen LogP contribution in [0, 0.1) is 10.1 Å². The average Bonchev–Trinajstić information content (AvgIpc) is 3.10. The van der Waals surface area contributed by atoms with Crippen molar-refractivity contribution >= 4 is 29.1 Å². The molecule has 1 aliphatic heterocycles. The summed E-state index contributed by atoms with van der Waals surface area (Å²) in [6.07, 6.45) is 0. The van der Waals surface area contributed by atoms with Gasteiger partial charge < -0.3 is 11.1 Å². The molecule has 0 saturated heterocycles. The number of non-ortho nitro benzene ring substituents is 1. The molecule has 9 nitrogen and oxygen atoms in total. The number of allylic oxidation sites excluding steroid dienone is 1. The number of hydrogen-bond donors (Lipinski definition) is 2. The number of rotatable bonds is 4. The SMILES string of the molecule is CC1=C(C(N)=O)C(c2ccc([N+](=O)[O-])cc2)n2nc(-c3ccccc3Cl)nc2N1. The van der Waals surface area contributed by atoms with E-state index < -0.39 is 16.9 Å². The molecule has 1 atom stereocenters. The van der Waals surface area contributed by atoms with Gasteiger partial charge in [-0.05, 0) is 36.8 Å². The van der Waals surface area contributed by atoms with Crippen molar-refractivity contribution in [2.24, 2.45) is 5.73 Å². The van der Waals surface area contributed by atoms with E-state index in [4.69, 9.17) is 17.3 Å². The van der Waals surface area contributed by atoms with E-state index in [1.165, 1.54) is 16.8 Å². The highest BCUT2D eigenvalue weighted by molar-refractivity contribution is 6.33. The van der Waals surface area contributed by atoms with Crippen molar-refractivity contribution in [1.82, 2.24) is 14.8 Å². The molecule has 0 spiro atoms. The summed E-state index contributed by atoms with van der Waals surface area (Å²) in [6.45, 7) is 1.71. The summed E-state index contributed by atoms with van der Waals surface area (Å²) >= 11 is 6.27. The maximum Gasteiger partial charge on any atom is 0.269 e. The van der Waals surface area contributed by atoms with Crippen LogP contribution in [0.1, 0.15) is 18.5 Å². The minimum absolute atomic E-state index is 0.0559. The molecule has 0 saturated carbocycles. The lowest BCUT2D eigenvalue weighted by Crippen LogP contribution is -2.31. The summed E-state index contributed by atoms with van der Waals surface area (Å²) < 4.78 is 1.53. The maximum absolute atomic E-state index is 12.2. The van der Waals surface area contributed by atoms with E-state index in [2.05, 4.69) is 15.4 Å². The summed E-state index contributed by atoms with van der Waals surface area (Å²) in [5.74, 6) is 0.160. The number of nitrogens with two attached hydrogens (primary N) is 1. The van der Waals surface area contributed by atoms with Gasteiger partial charge in [-0.15, -0.1) is 5.10 Å². The number of nitrogens with zero attached hydrogens (tertiary/aromatic N) is 4. The van der Waals surface area contributed by atoms with E-state index in [0.717, 1.165) is 0 Å². The van der Waals surface area contributed by atoms with Gasteiger partial charge in [0.1, 0.15) is 6.04 Å². The van der Waals surface area contributed by atoms with Gasteiger partial charge in [0.25, 0.3) is 5.69 Å². The lowest BCUT2D eigenvalue weighted by atomic mass is 9.95. The van der Waals surface area contributed by atoms with Gasteiger partial charge in [-0.2, -0.15) is 4.98 Å². The Kier molecular flexibility index (Phi) is 4.51. The zero-order chi connectivity index (χ0) is 20.7. The van der Waals surface area contributed by atoms with Crippen LogP contribution < -0.4 is 11.1 Å². The Bertz CT molecular complexity index is 1170. The van der Waals surface area contributed by atoms with Gasteiger partial charge in [0, 0.05) is 23.4 Å². The minimum atomic E-state index is -0.687. The number of fused-ring (bicyclic) bond motifs is 1. The molecule has 146 valence electrons. The molecule has 3 N–H and O–H groups in total. The molecule has 29 heavy (non-hydrogen) atoms. The lowest BCUT2D eigenvalue weighted by Gasteiger charge is -2.27. The molecular formula is C19H15ClN6O3. The quantitative estimate of drug-likeness (QED) is 0.501. The number of hydrogen-bond acceptors (Lipinski definition) is 6. The number of primary amides is 1. The third-order valence-corrected chi connectivity index (χ3v) is 4.98. The van der Waals surface area contributed by atoms with Crippen molar-refractivity contribution in [3.8, 4) is 11.4 Å². The van der Waals surface area contributed by atoms with E-state index in [0.29, 0.717) is 39.2 Å². The van der Waals surface area contributed by atoms with E-state index in [-0.39, 0.29) is 5.69 Å². The summed E-state index contributed by atoms with van der Waals surface area (Å²) in [7, 11) is 0. The van der Waals surface area contributed by atoms with Crippen LogP contribution >= 0.6 is 11.6 Å². The van der Waals surface area contributed by atoms with E-state index >= 15 is 0 Å². The Morgan fingerprint density at radius 3 is 2.55 bits per heavy atom. The molecule has 1 amide bonds. The predicted octanol–water partition coefficient (Wildman–Crippen LogP) is 3.28. The molecule has 4 rings (SSSR count). The number of carbonyl (C=O) groups is 1. The lowest BCUT2D eigenvalue weighted by molar-refractivity contribution is -0.384. The van der Waals surface area contributed by atoms with Crippen LogP contribution in [0.4, 0.5) is 11.6 Å². The molecule has 0 radical (unpaired) electrons. The van der Waals surface area contributed by atoms with Crippen molar-refractivity contribution < 1.29 is 9.72 Å². The zero-order valence-electron chi connectivity index (χ0n) is 15.2. The first-order valence-electron chi connectivity index (χ1n) is 8.60. The van der Waals surface area contributed by atoms with Gasteiger partial charge >= 0.3 is 0 Å². The topological polar surface area (TPSA) is 129 Å². The van der Waals surface area contributed by atoms with E-state index in [1.54, 1.807) is 37.3 Å². The molecule has 3 aromatic rings. The van der Waals surface area contributed by atoms with Crippen LogP contribution in [-0.2, 0) is 4.79 Å². The number of amides is 1. The number of anilines is 1. The molecule has 0 aliphatic carbocycles. The van der Waals surface area contributed by atoms with Crippen molar-refractivity contribution in [1.29, 1.82) is 0 Å². The van der Waals surface area contributed by atoms with Crippen LogP contribution in [0.15, 0.2) is 59.8 Å². The minimum Gasteiger partial charge on any atom is -0.366 e. The Labute approximate surface area is 170 Å². The Morgan fingerprint density at radius 2 is 1.93 bits per heavy atom. The number of aromatic nitrogens is 3. The molecule has 1 unspecified atom stereocenters. The molecule has 0 fully saturated rings. The number of nitro groups is 1. The van der Waals surface area contributed by atoms with Gasteiger partial charge in [0.15, 0.2) is 5.82 Å². The van der Waals surface area contributed by atoms with Crippen LogP contribution in [0.5, 0.6) is 0 Å². The first-order chi connectivity index (χ1) is 13.9. The second kappa shape index (κ2) is 7.02. The molecule has 0 bridgehead atoms. The maximum atomic E-state index is 12.2. The number of halogens is 1. The highest BCUT2D eigenvalue weighted by Crippen LogP contribution is 2.37. The Balaban J connectivity index is 1.87. The van der Waals surface area contributed by atoms with Crippen molar-refractivity contribution in [3.05, 3.63) is 80.5 Å². The molecule has 10 heteroatoms. The van der Waals surface area contributed by atoms with Gasteiger partial charge in [0.05, 0.1) is 15.5 Å². The Morgan fingerprint density at radius 1 is 1.24 bits per heavy atom. The van der Waals surface area contributed by atoms with Gasteiger partial charge in [-0.1, -0.05) is 23.7 Å². The normalized spacial score (nSPS) is 15.6. The van der Waals surface area contributed by atoms with Crippen LogP contribution in [0.3, 0.4) is 0 Å². The third-order valence-electron chi connectivity index (χ3n) is 4.65. The third kappa shape index (κ3) is 3.21. The first-order valence-corrected chi connectivity index (χ1v) is 8.98.